The van der Waals surface area contributed by atoms with Crippen LogP contribution in [0, 0.1) is 5.92 Å². The van der Waals surface area contributed by atoms with Crippen LogP contribution in [0.15, 0.2) is 0 Å². The molecule has 0 saturated heterocycles. The van der Waals surface area contributed by atoms with Gasteiger partial charge in [0, 0.05) is 0 Å². The molecular weight excluding hydrogens is 332 g/mol. The summed E-state index contributed by atoms with van der Waals surface area (Å²) in [6.45, 7) is 5.65. The van der Waals surface area contributed by atoms with E-state index in [-0.39, 0.29) is 5.92 Å². The average molecular weight is 360 g/mol. The fourth-order valence-corrected chi connectivity index (χ4v) is 1.84. The third kappa shape index (κ3) is 7.48. The van der Waals surface area contributed by atoms with Gasteiger partial charge in [0.15, 0.2) is 0 Å². The number of nitrogens with two attached hydrogens (primary N) is 1. The molecule has 0 aromatic heterocycles. The molecule has 0 aliphatic heterocycles. The molecule has 5 unspecified atom stereocenters. The largest absolute Gasteiger partial charge is 0.480 e. The number of carbonyl (C=O) groups excluding carboxylic acids is 3. The highest BCUT2D eigenvalue weighted by molar-refractivity contribution is 5.93. The van der Waals surface area contributed by atoms with Crippen LogP contribution < -0.4 is 21.7 Å². The fraction of sp³-hybridized carbons (Fsp3) is 0.733. The lowest BCUT2D eigenvalue weighted by Crippen LogP contribution is -2.58. The van der Waals surface area contributed by atoms with Gasteiger partial charge in [-0.1, -0.05) is 20.3 Å². The molecule has 0 aliphatic carbocycles. The van der Waals surface area contributed by atoms with Gasteiger partial charge in [0.25, 0.3) is 0 Å². The van der Waals surface area contributed by atoms with Crippen molar-refractivity contribution in [3.05, 3.63) is 0 Å². The van der Waals surface area contributed by atoms with Gasteiger partial charge < -0.3 is 31.9 Å². The van der Waals surface area contributed by atoms with Crippen LogP contribution in [0.4, 0.5) is 0 Å². The zero-order valence-electron chi connectivity index (χ0n) is 14.9. The van der Waals surface area contributed by atoms with Crippen LogP contribution in [0.5, 0.6) is 0 Å². The highest BCUT2D eigenvalue weighted by atomic mass is 16.4. The highest BCUT2D eigenvalue weighted by Gasteiger charge is 2.31. The number of aliphatic hydroxyl groups is 1. The number of carboxylic acid groups (broad SMARTS) is 1. The molecule has 144 valence electrons. The molecule has 0 spiro atoms. The summed E-state index contributed by atoms with van der Waals surface area (Å²) in [6, 6.07) is -4.19. The van der Waals surface area contributed by atoms with E-state index in [1.807, 2.05) is 0 Å². The van der Waals surface area contributed by atoms with E-state index in [1.54, 1.807) is 13.8 Å². The Hall–Kier alpha value is -2.20. The molecular formula is C15H28N4O6. The van der Waals surface area contributed by atoms with Crippen molar-refractivity contribution in [1.82, 2.24) is 16.0 Å². The van der Waals surface area contributed by atoms with Crippen LogP contribution in [-0.2, 0) is 19.2 Å². The van der Waals surface area contributed by atoms with Gasteiger partial charge in [-0.3, -0.25) is 14.4 Å². The Labute approximate surface area is 146 Å². The number of hydrogen-bond acceptors (Lipinski definition) is 6. The summed E-state index contributed by atoms with van der Waals surface area (Å²) in [5.74, 6) is -3.53. The quantitative estimate of drug-likeness (QED) is 0.260. The minimum absolute atomic E-state index is 0.298. The average Bonchev–Trinajstić information content (AvgIpc) is 2.55. The normalized spacial score (nSPS) is 16.7. The first kappa shape index (κ1) is 22.8. The van der Waals surface area contributed by atoms with Gasteiger partial charge in [-0.25, -0.2) is 4.79 Å². The summed E-state index contributed by atoms with van der Waals surface area (Å²) >= 11 is 0. The van der Waals surface area contributed by atoms with Gasteiger partial charge in [0.1, 0.15) is 18.1 Å². The number of aliphatic carboxylic acids is 1. The second-order valence-corrected chi connectivity index (χ2v) is 5.97. The molecule has 0 aliphatic rings. The highest BCUT2D eigenvalue weighted by Crippen LogP contribution is 2.09. The molecule has 5 atom stereocenters. The minimum Gasteiger partial charge on any atom is -0.480 e. The maximum Gasteiger partial charge on any atom is 0.328 e. The maximum atomic E-state index is 12.3. The second-order valence-electron chi connectivity index (χ2n) is 5.97. The molecule has 0 aromatic rings. The molecule has 0 rings (SSSR count). The third-order valence-corrected chi connectivity index (χ3v) is 3.76. The fourth-order valence-electron chi connectivity index (χ4n) is 1.84. The van der Waals surface area contributed by atoms with Crippen molar-refractivity contribution in [2.45, 2.75) is 58.3 Å². The molecule has 25 heavy (non-hydrogen) atoms. The van der Waals surface area contributed by atoms with E-state index < -0.39 is 54.5 Å². The SMILES string of the molecule is CCC(C)C(NC(=O)C(C)NC(=O)C(C)N)C(=O)NC(CO)C(=O)O. The smallest absolute Gasteiger partial charge is 0.328 e. The summed E-state index contributed by atoms with van der Waals surface area (Å²) < 4.78 is 0. The molecule has 7 N–H and O–H groups in total. The number of aliphatic hydroxyl groups excluding tert-OH is 1. The molecule has 0 aromatic carbocycles. The molecule has 0 radical (unpaired) electrons. The number of rotatable bonds is 10. The van der Waals surface area contributed by atoms with Crippen LogP contribution in [0.1, 0.15) is 34.1 Å². The van der Waals surface area contributed by atoms with E-state index in [2.05, 4.69) is 16.0 Å². The summed E-state index contributed by atoms with van der Waals surface area (Å²) in [4.78, 5) is 47.0. The van der Waals surface area contributed by atoms with Gasteiger partial charge >= 0.3 is 5.97 Å². The lowest BCUT2D eigenvalue weighted by Gasteiger charge is -2.26. The lowest BCUT2D eigenvalue weighted by molar-refractivity contribution is -0.143. The molecule has 10 nitrogen and oxygen atoms in total. The first-order chi connectivity index (χ1) is 11.5. The minimum atomic E-state index is -1.47. The van der Waals surface area contributed by atoms with Crippen LogP contribution >= 0.6 is 0 Å². The molecule has 0 heterocycles. The summed E-state index contributed by atoms with van der Waals surface area (Å²) in [5, 5.41) is 25.0. The lowest BCUT2D eigenvalue weighted by atomic mass is 9.97. The van der Waals surface area contributed by atoms with Crippen LogP contribution in [-0.4, -0.2) is 64.7 Å². The summed E-state index contributed by atoms with van der Waals surface area (Å²) in [7, 11) is 0. The maximum absolute atomic E-state index is 12.3. The first-order valence-corrected chi connectivity index (χ1v) is 8.05. The molecule has 0 fully saturated rings. The number of hydrogen-bond donors (Lipinski definition) is 6. The van der Waals surface area contributed by atoms with E-state index in [1.165, 1.54) is 13.8 Å². The van der Waals surface area contributed by atoms with Gasteiger partial charge in [-0.05, 0) is 19.8 Å². The zero-order chi connectivity index (χ0) is 19.7. The molecule has 0 saturated carbocycles. The number of amides is 3. The predicted molar refractivity (Wildman–Crippen MR) is 89.3 cm³/mol. The van der Waals surface area contributed by atoms with Gasteiger partial charge in [-0.2, -0.15) is 0 Å². The van der Waals surface area contributed by atoms with E-state index in [4.69, 9.17) is 15.9 Å². The second kappa shape index (κ2) is 10.6. The third-order valence-electron chi connectivity index (χ3n) is 3.76. The molecule has 0 bridgehead atoms. The van der Waals surface area contributed by atoms with E-state index in [0.29, 0.717) is 6.42 Å². The van der Waals surface area contributed by atoms with Crippen molar-refractivity contribution in [3.8, 4) is 0 Å². The van der Waals surface area contributed by atoms with Crippen LogP contribution in [0.3, 0.4) is 0 Å². The summed E-state index contributed by atoms with van der Waals surface area (Å²) in [6.07, 6.45) is 0.538. The predicted octanol–water partition coefficient (Wildman–Crippen LogP) is -2.07. The van der Waals surface area contributed by atoms with Crippen molar-refractivity contribution in [1.29, 1.82) is 0 Å². The molecule has 10 heteroatoms. The Morgan fingerprint density at radius 2 is 1.52 bits per heavy atom. The Balaban J connectivity index is 5.04. The number of carboxylic acids is 1. The number of nitrogens with one attached hydrogen (secondary N) is 3. The Bertz CT molecular complexity index is 496. The van der Waals surface area contributed by atoms with Crippen molar-refractivity contribution in [2.24, 2.45) is 11.7 Å². The number of carbonyl (C=O) groups is 4. The van der Waals surface area contributed by atoms with E-state index in [0.717, 1.165) is 0 Å². The first-order valence-electron chi connectivity index (χ1n) is 8.05. The van der Waals surface area contributed by atoms with Crippen molar-refractivity contribution in [3.63, 3.8) is 0 Å². The Kier molecular flexibility index (Phi) is 9.69. The van der Waals surface area contributed by atoms with Crippen LogP contribution in [0.2, 0.25) is 0 Å². The van der Waals surface area contributed by atoms with E-state index >= 15 is 0 Å². The van der Waals surface area contributed by atoms with Crippen molar-refractivity contribution >= 4 is 23.7 Å². The van der Waals surface area contributed by atoms with Gasteiger partial charge in [0.2, 0.25) is 17.7 Å². The van der Waals surface area contributed by atoms with Crippen molar-refractivity contribution in [2.75, 3.05) is 6.61 Å². The zero-order valence-corrected chi connectivity index (χ0v) is 14.9. The summed E-state index contributed by atoms with van der Waals surface area (Å²) in [5.41, 5.74) is 5.41. The molecule has 3 amide bonds. The van der Waals surface area contributed by atoms with Crippen molar-refractivity contribution < 1.29 is 29.4 Å². The topological polar surface area (TPSA) is 171 Å². The Morgan fingerprint density at radius 1 is 0.960 bits per heavy atom. The van der Waals surface area contributed by atoms with E-state index in [9.17, 15) is 19.2 Å². The van der Waals surface area contributed by atoms with Gasteiger partial charge in [-0.15, -0.1) is 0 Å². The van der Waals surface area contributed by atoms with Gasteiger partial charge in [0.05, 0.1) is 12.6 Å². The standard InChI is InChI=1S/C15H28N4O6/c1-5-7(2)11(14(23)18-10(6-20)15(24)25)19-13(22)9(4)17-12(21)8(3)16/h7-11,20H,5-6,16H2,1-4H3,(H,17,21)(H,18,23)(H,19,22)(H,24,25). The monoisotopic (exact) mass is 360 g/mol. The van der Waals surface area contributed by atoms with Crippen LogP contribution in [0.25, 0.3) is 0 Å². The Morgan fingerprint density at radius 3 is 1.92 bits per heavy atom.